The summed E-state index contributed by atoms with van der Waals surface area (Å²) in [6.07, 6.45) is 1.94. The van der Waals surface area contributed by atoms with E-state index >= 15 is 0 Å². The van der Waals surface area contributed by atoms with Crippen molar-refractivity contribution in [1.29, 1.82) is 0 Å². The standard InChI is InChI=1S/C19H18N2O3S/c22-18(21-9-3-7-16(21)17-8-4-10-25-17)12-24-19(23)15-11-13-5-1-2-6-14(13)20-15/h1-2,4-6,8,10-11,16,20H,3,7,9,12H2. The summed E-state index contributed by atoms with van der Waals surface area (Å²) in [5.74, 6) is -0.642. The average molecular weight is 354 g/mol. The van der Waals surface area contributed by atoms with Crippen LogP contribution in [0.15, 0.2) is 47.8 Å². The number of hydrogen-bond donors (Lipinski definition) is 1. The van der Waals surface area contributed by atoms with Crippen LogP contribution in [0, 0.1) is 0 Å². The smallest absolute Gasteiger partial charge is 0.355 e. The fraction of sp³-hybridized carbons (Fsp3) is 0.263. The van der Waals surface area contributed by atoms with Crippen LogP contribution in [-0.4, -0.2) is 34.9 Å². The number of nitrogens with zero attached hydrogens (tertiary/aromatic N) is 1. The molecule has 6 heteroatoms. The summed E-state index contributed by atoms with van der Waals surface area (Å²) in [4.78, 5) is 30.8. The van der Waals surface area contributed by atoms with Gasteiger partial charge >= 0.3 is 5.97 Å². The summed E-state index contributed by atoms with van der Waals surface area (Å²) in [6, 6.07) is 13.5. The molecule has 1 saturated heterocycles. The monoisotopic (exact) mass is 354 g/mol. The minimum atomic E-state index is -0.503. The lowest BCUT2D eigenvalue weighted by atomic mass is 10.2. The Morgan fingerprint density at radius 3 is 2.92 bits per heavy atom. The highest BCUT2D eigenvalue weighted by atomic mass is 32.1. The molecule has 1 fully saturated rings. The number of fused-ring (bicyclic) bond motifs is 1. The second-order valence-electron chi connectivity index (χ2n) is 6.11. The van der Waals surface area contributed by atoms with Crippen molar-refractivity contribution in [1.82, 2.24) is 9.88 Å². The van der Waals surface area contributed by atoms with Crippen LogP contribution in [0.4, 0.5) is 0 Å². The van der Waals surface area contributed by atoms with Crippen molar-refractivity contribution < 1.29 is 14.3 Å². The normalized spacial score (nSPS) is 17.1. The molecule has 1 unspecified atom stereocenters. The molecule has 0 saturated carbocycles. The minimum absolute atomic E-state index is 0.110. The molecule has 4 rings (SSSR count). The second kappa shape index (κ2) is 6.72. The van der Waals surface area contributed by atoms with Crippen LogP contribution in [0.1, 0.15) is 34.2 Å². The van der Waals surface area contributed by atoms with E-state index in [-0.39, 0.29) is 18.6 Å². The van der Waals surface area contributed by atoms with E-state index in [1.54, 1.807) is 17.4 Å². The fourth-order valence-corrected chi connectivity index (χ4v) is 4.19. The van der Waals surface area contributed by atoms with Gasteiger partial charge in [0, 0.05) is 22.3 Å². The van der Waals surface area contributed by atoms with E-state index in [2.05, 4.69) is 11.1 Å². The summed E-state index contributed by atoms with van der Waals surface area (Å²) >= 11 is 1.66. The van der Waals surface area contributed by atoms with Gasteiger partial charge in [0.05, 0.1) is 6.04 Å². The van der Waals surface area contributed by atoms with Crippen molar-refractivity contribution in [3.8, 4) is 0 Å². The topological polar surface area (TPSA) is 62.4 Å². The molecule has 2 aromatic heterocycles. The fourth-order valence-electron chi connectivity index (χ4n) is 3.31. The molecule has 0 aliphatic carbocycles. The van der Waals surface area contributed by atoms with E-state index in [4.69, 9.17) is 4.74 Å². The summed E-state index contributed by atoms with van der Waals surface area (Å²) < 4.78 is 5.24. The number of thiophene rings is 1. The van der Waals surface area contributed by atoms with E-state index in [1.165, 1.54) is 4.88 Å². The molecule has 128 valence electrons. The molecule has 3 heterocycles. The van der Waals surface area contributed by atoms with Gasteiger partial charge in [-0.1, -0.05) is 24.3 Å². The van der Waals surface area contributed by atoms with Gasteiger partial charge in [-0.25, -0.2) is 4.79 Å². The molecule has 1 amide bonds. The maximum Gasteiger partial charge on any atom is 0.355 e. The van der Waals surface area contributed by atoms with Crippen molar-refractivity contribution in [3.63, 3.8) is 0 Å². The summed E-state index contributed by atoms with van der Waals surface area (Å²) in [6.45, 7) is 0.488. The highest BCUT2D eigenvalue weighted by molar-refractivity contribution is 7.10. The maximum atomic E-state index is 12.5. The quantitative estimate of drug-likeness (QED) is 0.726. The van der Waals surface area contributed by atoms with Gasteiger partial charge in [0.15, 0.2) is 6.61 Å². The number of ether oxygens (including phenoxy) is 1. The number of aromatic nitrogens is 1. The van der Waals surface area contributed by atoms with Crippen molar-refractivity contribution >= 4 is 34.1 Å². The van der Waals surface area contributed by atoms with Gasteiger partial charge < -0.3 is 14.6 Å². The van der Waals surface area contributed by atoms with Crippen molar-refractivity contribution in [2.24, 2.45) is 0 Å². The first-order chi connectivity index (χ1) is 12.2. The third kappa shape index (κ3) is 3.17. The summed E-state index contributed by atoms with van der Waals surface area (Å²) in [5, 5.41) is 2.96. The molecule has 1 aliphatic heterocycles. The number of aromatic amines is 1. The lowest BCUT2D eigenvalue weighted by Gasteiger charge is -2.23. The summed E-state index contributed by atoms with van der Waals surface area (Å²) in [7, 11) is 0. The Bertz CT molecular complexity index is 867. The van der Waals surface area contributed by atoms with Crippen LogP contribution in [0.3, 0.4) is 0 Å². The first kappa shape index (κ1) is 15.9. The van der Waals surface area contributed by atoms with E-state index in [0.29, 0.717) is 12.2 Å². The minimum Gasteiger partial charge on any atom is -0.451 e. The molecule has 1 aromatic carbocycles. The number of nitrogens with one attached hydrogen (secondary N) is 1. The average Bonchev–Trinajstić information content (AvgIpc) is 3.38. The van der Waals surface area contributed by atoms with Crippen LogP contribution < -0.4 is 0 Å². The van der Waals surface area contributed by atoms with E-state index in [1.807, 2.05) is 40.6 Å². The lowest BCUT2D eigenvalue weighted by Crippen LogP contribution is -2.34. The van der Waals surface area contributed by atoms with Crippen LogP contribution in [0.2, 0.25) is 0 Å². The van der Waals surface area contributed by atoms with Crippen LogP contribution in [0.25, 0.3) is 10.9 Å². The zero-order chi connectivity index (χ0) is 17.2. The maximum absolute atomic E-state index is 12.5. The van der Waals surface area contributed by atoms with Gasteiger partial charge in [0.2, 0.25) is 0 Å². The third-order valence-electron chi connectivity index (χ3n) is 4.52. The molecule has 0 spiro atoms. The Morgan fingerprint density at radius 2 is 2.12 bits per heavy atom. The molecule has 3 aromatic rings. The van der Waals surface area contributed by atoms with Gasteiger partial charge in [-0.15, -0.1) is 11.3 Å². The predicted molar refractivity (Wildman–Crippen MR) is 96.6 cm³/mol. The first-order valence-electron chi connectivity index (χ1n) is 8.30. The molecule has 25 heavy (non-hydrogen) atoms. The van der Waals surface area contributed by atoms with Gasteiger partial charge in [0.25, 0.3) is 5.91 Å². The number of benzene rings is 1. The second-order valence-corrected chi connectivity index (χ2v) is 7.09. The highest BCUT2D eigenvalue weighted by Crippen LogP contribution is 2.34. The Balaban J connectivity index is 1.40. The van der Waals surface area contributed by atoms with Gasteiger partial charge in [-0.2, -0.15) is 0 Å². The van der Waals surface area contributed by atoms with Crippen molar-refractivity contribution in [3.05, 3.63) is 58.4 Å². The number of H-pyrrole nitrogens is 1. The SMILES string of the molecule is O=C(OCC(=O)N1CCCC1c1cccs1)c1cc2ccccc2[nH]1. The van der Waals surface area contributed by atoms with Crippen LogP contribution >= 0.6 is 11.3 Å². The van der Waals surface area contributed by atoms with Crippen LogP contribution in [-0.2, 0) is 9.53 Å². The highest BCUT2D eigenvalue weighted by Gasteiger charge is 2.31. The van der Waals surface area contributed by atoms with Gasteiger partial charge in [0.1, 0.15) is 5.69 Å². The molecule has 1 atom stereocenters. The number of carbonyl (C=O) groups excluding carboxylic acids is 2. The molecule has 0 radical (unpaired) electrons. The molecule has 1 N–H and O–H groups in total. The predicted octanol–water partition coefficient (Wildman–Crippen LogP) is 3.75. The van der Waals surface area contributed by atoms with Crippen LogP contribution in [0.5, 0.6) is 0 Å². The first-order valence-corrected chi connectivity index (χ1v) is 9.18. The zero-order valence-corrected chi connectivity index (χ0v) is 14.4. The number of likely N-dealkylation sites (tertiary alicyclic amines) is 1. The largest absolute Gasteiger partial charge is 0.451 e. The van der Waals surface area contributed by atoms with E-state index in [0.717, 1.165) is 23.7 Å². The Kier molecular flexibility index (Phi) is 4.28. The van der Waals surface area contributed by atoms with E-state index in [9.17, 15) is 9.59 Å². The Labute approximate surface area is 149 Å². The lowest BCUT2D eigenvalue weighted by molar-refractivity contribution is -0.135. The molecule has 5 nitrogen and oxygen atoms in total. The molecular formula is C19H18N2O3S. The Hall–Kier alpha value is -2.60. The molecular weight excluding hydrogens is 336 g/mol. The number of esters is 1. The van der Waals surface area contributed by atoms with Gasteiger partial charge in [-0.05, 0) is 36.4 Å². The third-order valence-corrected chi connectivity index (χ3v) is 5.49. The van der Waals surface area contributed by atoms with E-state index < -0.39 is 5.97 Å². The number of amides is 1. The number of para-hydroxylation sites is 1. The Morgan fingerprint density at radius 1 is 1.24 bits per heavy atom. The number of carbonyl (C=O) groups is 2. The van der Waals surface area contributed by atoms with Gasteiger partial charge in [-0.3, -0.25) is 4.79 Å². The molecule has 1 aliphatic rings. The number of hydrogen-bond acceptors (Lipinski definition) is 4. The molecule has 0 bridgehead atoms. The number of rotatable bonds is 4. The summed E-state index contributed by atoms with van der Waals surface area (Å²) in [5.41, 5.74) is 1.24. The van der Waals surface area contributed by atoms with Crippen molar-refractivity contribution in [2.75, 3.05) is 13.2 Å². The zero-order valence-electron chi connectivity index (χ0n) is 13.6. The van der Waals surface area contributed by atoms with Crippen molar-refractivity contribution in [2.45, 2.75) is 18.9 Å².